The smallest absolute Gasteiger partial charge is 0.122 e. The van der Waals surface area contributed by atoms with E-state index < -0.39 is 0 Å². The van der Waals surface area contributed by atoms with Gasteiger partial charge in [-0.1, -0.05) is 0 Å². The van der Waals surface area contributed by atoms with Gasteiger partial charge in [-0.25, -0.2) is 0 Å². The van der Waals surface area contributed by atoms with Gasteiger partial charge in [0.2, 0.25) is 0 Å². The van der Waals surface area contributed by atoms with Crippen LogP contribution in [0, 0.1) is 0 Å². The average Bonchev–Trinajstić information content (AvgIpc) is 3.20. The molecule has 4 heteroatoms. The van der Waals surface area contributed by atoms with Crippen molar-refractivity contribution in [3.63, 3.8) is 0 Å². The van der Waals surface area contributed by atoms with Crippen LogP contribution < -0.4 is 10.1 Å². The number of hydrogen-bond donors (Lipinski definition) is 1. The molecule has 1 aromatic heterocycles. The molecule has 0 radical (unpaired) electrons. The van der Waals surface area contributed by atoms with E-state index in [1.807, 2.05) is 12.3 Å². The molecule has 1 atom stereocenters. The summed E-state index contributed by atoms with van der Waals surface area (Å²) in [5.41, 5.74) is 1.08. The van der Waals surface area contributed by atoms with Crippen LogP contribution in [0.25, 0.3) is 0 Å². The molecule has 110 valence electrons. The van der Waals surface area contributed by atoms with Crippen LogP contribution in [0.3, 0.4) is 0 Å². The standard InChI is InChI=1S/C16H25N3O/c1-19-9-2-3-15(19)7-10-20-16-6-8-17-14(11-16)12-18-13-4-5-13/h6,8,11,13,15,18H,2-5,7,9-10,12H2,1H3. The normalized spacial score (nSPS) is 23.1. The quantitative estimate of drug-likeness (QED) is 0.828. The van der Waals surface area contributed by atoms with Gasteiger partial charge >= 0.3 is 0 Å². The zero-order valence-electron chi connectivity index (χ0n) is 12.3. The van der Waals surface area contributed by atoms with E-state index in [-0.39, 0.29) is 0 Å². The molecule has 0 amide bonds. The number of likely N-dealkylation sites (tertiary alicyclic amines) is 1. The lowest BCUT2D eigenvalue weighted by Gasteiger charge is -2.19. The molecule has 1 unspecified atom stereocenters. The van der Waals surface area contributed by atoms with E-state index in [9.17, 15) is 0 Å². The van der Waals surface area contributed by atoms with Crippen molar-refractivity contribution >= 4 is 0 Å². The largest absolute Gasteiger partial charge is 0.493 e. The molecule has 2 heterocycles. The van der Waals surface area contributed by atoms with Crippen LogP contribution >= 0.6 is 0 Å². The van der Waals surface area contributed by atoms with Crippen molar-refractivity contribution in [2.45, 2.75) is 50.7 Å². The van der Waals surface area contributed by atoms with E-state index in [1.54, 1.807) is 0 Å². The minimum atomic E-state index is 0.702. The summed E-state index contributed by atoms with van der Waals surface area (Å²) in [6, 6.07) is 5.44. The summed E-state index contributed by atoms with van der Waals surface area (Å²) in [5, 5.41) is 3.48. The van der Waals surface area contributed by atoms with Crippen molar-refractivity contribution in [2.75, 3.05) is 20.2 Å². The summed E-state index contributed by atoms with van der Waals surface area (Å²) in [7, 11) is 2.21. The minimum Gasteiger partial charge on any atom is -0.493 e. The highest BCUT2D eigenvalue weighted by Crippen LogP contribution is 2.20. The van der Waals surface area contributed by atoms with Gasteiger partial charge in [0, 0.05) is 30.9 Å². The Morgan fingerprint density at radius 3 is 3.05 bits per heavy atom. The molecule has 3 rings (SSSR count). The van der Waals surface area contributed by atoms with Crippen LogP contribution in [-0.4, -0.2) is 42.2 Å². The maximum atomic E-state index is 5.88. The molecule has 1 N–H and O–H groups in total. The molecule has 1 aliphatic heterocycles. The molecule has 4 nitrogen and oxygen atoms in total. The first-order chi connectivity index (χ1) is 9.81. The number of nitrogens with one attached hydrogen (secondary N) is 1. The van der Waals surface area contributed by atoms with E-state index in [4.69, 9.17) is 4.74 Å². The highest BCUT2D eigenvalue weighted by Gasteiger charge is 2.21. The van der Waals surface area contributed by atoms with Crippen LogP contribution in [0.5, 0.6) is 5.75 Å². The van der Waals surface area contributed by atoms with Crippen LogP contribution in [0.2, 0.25) is 0 Å². The second-order valence-electron chi connectivity index (χ2n) is 6.05. The molecule has 0 spiro atoms. The van der Waals surface area contributed by atoms with E-state index >= 15 is 0 Å². The van der Waals surface area contributed by atoms with E-state index in [0.29, 0.717) is 6.04 Å². The Labute approximate surface area is 121 Å². The van der Waals surface area contributed by atoms with Gasteiger partial charge in [0.05, 0.1) is 12.3 Å². The summed E-state index contributed by atoms with van der Waals surface area (Å²) in [6.45, 7) is 2.89. The minimum absolute atomic E-state index is 0.702. The van der Waals surface area contributed by atoms with Crippen LogP contribution in [0.15, 0.2) is 18.3 Å². The van der Waals surface area contributed by atoms with E-state index in [1.165, 1.54) is 32.2 Å². The zero-order chi connectivity index (χ0) is 13.8. The first kappa shape index (κ1) is 13.8. The van der Waals surface area contributed by atoms with Crippen LogP contribution in [0.4, 0.5) is 0 Å². The molecule has 1 saturated heterocycles. The zero-order valence-corrected chi connectivity index (χ0v) is 12.3. The summed E-state index contributed by atoms with van der Waals surface area (Å²) < 4.78 is 5.88. The van der Waals surface area contributed by atoms with Crippen molar-refractivity contribution in [1.82, 2.24) is 15.2 Å². The topological polar surface area (TPSA) is 37.4 Å². The summed E-state index contributed by atoms with van der Waals surface area (Å²) in [6.07, 6.45) is 8.23. The van der Waals surface area contributed by atoms with Gasteiger partial charge in [-0.3, -0.25) is 4.98 Å². The lowest BCUT2D eigenvalue weighted by molar-refractivity contribution is 0.233. The van der Waals surface area contributed by atoms with Gasteiger partial charge in [0.25, 0.3) is 0 Å². The average molecular weight is 275 g/mol. The highest BCUT2D eigenvalue weighted by molar-refractivity contribution is 5.22. The molecule has 2 aliphatic rings. The third-order valence-corrected chi connectivity index (χ3v) is 4.33. The number of pyridine rings is 1. The van der Waals surface area contributed by atoms with Gasteiger partial charge in [0.1, 0.15) is 5.75 Å². The molecule has 1 saturated carbocycles. The first-order valence-corrected chi connectivity index (χ1v) is 7.82. The Morgan fingerprint density at radius 1 is 1.40 bits per heavy atom. The maximum absolute atomic E-state index is 5.88. The Kier molecular flexibility index (Phi) is 4.53. The van der Waals surface area contributed by atoms with Gasteiger partial charge < -0.3 is 15.0 Å². The maximum Gasteiger partial charge on any atom is 0.122 e. The van der Waals surface area contributed by atoms with E-state index in [2.05, 4.69) is 28.3 Å². The molecule has 1 aromatic rings. The molecule has 1 aliphatic carbocycles. The van der Waals surface area contributed by atoms with Crippen LogP contribution in [0.1, 0.15) is 37.8 Å². The molecule has 2 fully saturated rings. The summed E-state index contributed by atoms with van der Waals surface area (Å²) in [4.78, 5) is 6.83. The monoisotopic (exact) mass is 275 g/mol. The highest BCUT2D eigenvalue weighted by atomic mass is 16.5. The predicted molar refractivity (Wildman–Crippen MR) is 79.9 cm³/mol. The Bertz CT molecular complexity index is 433. The summed E-state index contributed by atoms with van der Waals surface area (Å²) in [5.74, 6) is 0.952. The predicted octanol–water partition coefficient (Wildman–Crippen LogP) is 2.20. The van der Waals surface area contributed by atoms with Crippen molar-refractivity contribution in [3.8, 4) is 5.75 Å². The fourth-order valence-corrected chi connectivity index (χ4v) is 2.84. The van der Waals surface area contributed by atoms with Gasteiger partial charge in [-0.05, 0) is 51.8 Å². The lowest BCUT2D eigenvalue weighted by Crippen LogP contribution is -2.26. The van der Waals surface area contributed by atoms with Crippen molar-refractivity contribution in [3.05, 3.63) is 24.0 Å². The van der Waals surface area contributed by atoms with Crippen LogP contribution in [-0.2, 0) is 6.54 Å². The Hall–Kier alpha value is -1.13. The van der Waals surface area contributed by atoms with Gasteiger partial charge in [-0.2, -0.15) is 0 Å². The van der Waals surface area contributed by atoms with Gasteiger partial charge in [0.15, 0.2) is 0 Å². The molecule has 20 heavy (non-hydrogen) atoms. The van der Waals surface area contributed by atoms with Gasteiger partial charge in [-0.15, -0.1) is 0 Å². The number of hydrogen-bond acceptors (Lipinski definition) is 4. The Balaban J connectivity index is 1.43. The molecular weight excluding hydrogens is 250 g/mol. The number of rotatable bonds is 7. The van der Waals surface area contributed by atoms with Crippen molar-refractivity contribution < 1.29 is 4.74 Å². The van der Waals surface area contributed by atoms with Crippen molar-refractivity contribution in [1.29, 1.82) is 0 Å². The second-order valence-corrected chi connectivity index (χ2v) is 6.05. The second kappa shape index (κ2) is 6.55. The third kappa shape index (κ3) is 3.93. The summed E-state index contributed by atoms with van der Waals surface area (Å²) >= 11 is 0. The number of ether oxygens (including phenoxy) is 1. The molecular formula is C16H25N3O. The number of aromatic nitrogens is 1. The van der Waals surface area contributed by atoms with E-state index in [0.717, 1.165) is 37.1 Å². The molecule has 0 bridgehead atoms. The van der Waals surface area contributed by atoms with Crippen molar-refractivity contribution in [2.24, 2.45) is 0 Å². The molecule has 0 aromatic carbocycles. The first-order valence-electron chi connectivity index (χ1n) is 7.82. The SMILES string of the molecule is CN1CCCC1CCOc1ccnc(CNC2CC2)c1. The lowest BCUT2D eigenvalue weighted by atomic mass is 10.1. The number of nitrogens with zero attached hydrogens (tertiary/aromatic N) is 2. The Morgan fingerprint density at radius 2 is 2.30 bits per heavy atom. The third-order valence-electron chi connectivity index (χ3n) is 4.33. The fourth-order valence-electron chi connectivity index (χ4n) is 2.84. The fraction of sp³-hybridized carbons (Fsp3) is 0.688.